The molecular formula is C12H13FN4O2. The van der Waals surface area contributed by atoms with Crippen molar-refractivity contribution in [2.75, 3.05) is 12.3 Å². The minimum Gasteiger partial charge on any atom is -0.461 e. The first kappa shape index (κ1) is 13.0. The molecule has 2 N–H and O–H groups in total. The summed E-state index contributed by atoms with van der Waals surface area (Å²) >= 11 is 0. The third-order valence-corrected chi connectivity index (χ3v) is 2.49. The molecule has 0 spiro atoms. The second kappa shape index (κ2) is 5.05. The maximum absolute atomic E-state index is 12.8. The monoisotopic (exact) mass is 264 g/mol. The fraction of sp³-hybridized carbons (Fsp3) is 0.250. The van der Waals surface area contributed by atoms with Crippen molar-refractivity contribution in [1.29, 1.82) is 0 Å². The molecule has 0 aliphatic heterocycles. The number of anilines is 1. The Kier molecular flexibility index (Phi) is 3.46. The van der Waals surface area contributed by atoms with Gasteiger partial charge in [0, 0.05) is 0 Å². The molecule has 0 amide bonds. The summed E-state index contributed by atoms with van der Waals surface area (Å²) in [7, 11) is 0. The Morgan fingerprint density at radius 3 is 2.84 bits per heavy atom. The number of nitrogen functional groups attached to an aromatic ring is 1. The van der Waals surface area contributed by atoms with Crippen LogP contribution in [0.1, 0.15) is 23.2 Å². The van der Waals surface area contributed by atoms with Gasteiger partial charge in [-0.05, 0) is 26.0 Å². The van der Waals surface area contributed by atoms with Crippen LogP contribution in [-0.4, -0.2) is 27.1 Å². The fourth-order valence-corrected chi connectivity index (χ4v) is 1.69. The van der Waals surface area contributed by atoms with Gasteiger partial charge in [-0.3, -0.25) is 4.57 Å². The Bertz CT molecular complexity index is 607. The van der Waals surface area contributed by atoms with Gasteiger partial charge in [-0.1, -0.05) is 0 Å². The molecule has 0 aromatic carbocycles. The number of carbonyl (C=O) groups excluding carboxylic acids is 1. The molecule has 7 heteroatoms. The van der Waals surface area contributed by atoms with Crippen LogP contribution in [0, 0.1) is 12.7 Å². The number of halogens is 1. The molecule has 100 valence electrons. The van der Waals surface area contributed by atoms with E-state index >= 15 is 0 Å². The van der Waals surface area contributed by atoms with E-state index < -0.39 is 11.8 Å². The smallest absolute Gasteiger partial charge is 0.360 e. The van der Waals surface area contributed by atoms with Gasteiger partial charge < -0.3 is 10.5 Å². The van der Waals surface area contributed by atoms with E-state index in [9.17, 15) is 9.18 Å². The highest BCUT2D eigenvalue weighted by Crippen LogP contribution is 2.19. The Labute approximate surface area is 109 Å². The molecule has 0 bridgehead atoms. The van der Waals surface area contributed by atoms with Crippen LogP contribution in [0.25, 0.3) is 5.82 Å². The van der Waals surface area contributed by atoms with Crippen LogP contribution in [0.15, 0.2) is 18.3 Å². The van der Waals surface area contributed by atoms with Crippen molar-refractivity contribution in [3.05, 3.63) is 35.7 Å². The summed E-state index contributed by atoms with van der Waals surface area (Å²) in [5.41, 5.74) is 5.90. The normalized spacial score (nSPS) is 10.5. The number of carbonyl (C=O) groups is 1. The summed E-state index contributed by atoms with van der Waals surface area (Å²) in [6.45, 7) is 3.60. The molecule has 0 saturated carbocycles. The summed E-state index contributed by atoms with van der Waals surface area (Å²) in [4.78, 5) is 19.6. The molecule has 0 aliphatic carbocycles. The van der Waals surface area contributed by atoms with Gasteiger partial charge in [-0.15, -0.1) is 0 Å². The fourth-order valence-electron chi connectivity index (χ4n) is 1.69. The van der Waals surface area contributed by atoms with Crippen LogP contribution < -0.4 is 5.73 Å². The van der Waals surface area contributed by atoms with Crippen LogP contribution in [0.4, 0.5) is 10.2 Å². The van der Waals surface area contributed by atoms with E-state index in [4.69, 9.17) is 10.5 Å². The molecular weight excluding hydrogens is 251 g/mol. The van der Waals surface area contributed by atoms with E-state index in [1.807, 2.05) is 0 Å². The maximum atomic E-state index is 12.8. The van der Waals surface area contributed by atoms with Gasteiger partial charge in [0.05, 0.1) is 12.8 Å². The molecule has 2 rings (SSSR count). The predicted octanol–water partition coefficient (Wildman–Crippen LogP) is 1.47. The summed E-state index contributed by atoms with van der Waals surface area (Å²) in [5, 5.41) is 0. The lowest BCUT2D eigenvalue weighted by Crippen LogP contribution is -2.10. The Morgan fingerprint density at radius 2 is 2.26 bits per heavy atom. The number of pyridine rings is 1. The second-order valence-corrected chi connectivity index (χ2v) is 3.78. The van der Waals surface area contributed by atoms with Crippen molar-refractivity contribution in [2.45, 2.75) is 13.8 Å². The zero-order chi connectivity index (χ0) is 14.0. The van der Waals surface area contributed by atoms with Crippen molar-refractivity contribution >= 4 is 11.8 Å². The summed E-state index contributed by atoms with van der Waals surface area (Å²) in [5.74, 6) is -0.0659. The second-order valence-electron chi connectivity index (χ2n) is 3.78. The third kappa shape index (κ3) is 2.40. The number of nitrogens with two attached hydrogens (primary N) is 1. The van der Waals surface area contributed by atoms with E-state index in [1.54, 1.807) is 13.8 Å². The molecule has 0 saturated heterocycles. The SMILES string of the molecule is CCOC(=O)c1nc(C)n(-c2ccc(F)cn2)c1N. The van der Waals surface area contributed by atoms with E-state index in [1.165, 1.54) is 16.7 Å². The van der Waals surface area contributed by atoms with Crippen molar-refractivity contribution in [1.82, 2.24) is 14.5 Å². The first-order valence-corrected chi connectivity index (χ1v) is 5.68. The number of hydrogen-bond donors (Lipinski definition) is 1. The van der Waals surface area contributed by atoms with Crippen molar-refractivity contribution in [3.8, 4) is 5.82 Å². The molecule has 0 fully saturated rings. The van der Waals surface area contributed by atoms with E-state index in [0.29, 0.717) is 11.6 Å². The lowest BCUT2D eigenvalue weighted by molar-refractivity contribution is 0.0521. The number of aromatic nitrogens is 3. The number of rotatable bonds is 3. The van der Waals surface area contributed by atoms with Gasteiger partial charge in [-0.25, -0.2) is 19.2 Å². The highest BCUT2D eigenvalue weighted by molar-refractivity contribution is 5.92. The van der Waals surface area contributed by atoms with Crippen LogP contribution >= 0.6 is 0 Å². The zero-order valence-electron chi connectivity index (χ0n) is 10.6. The molecule has 2 heterocycles. The highest BCUT2D eigenvalue weighted by atomic mass is 19.1. The quantitative estimate of drug-likeness (QED) is 0.849. The maximum Gasteiger partial charge on any atom is 0.360 e. The molecule has 0 aliphatic rings. The van der Waals surface area contributed by atoms with Gasteiger partial charge in [0.25, 0.3) is 0 Å². The number of aryl methyl sites for hydroxylation is 1. The van der Waals surface area contributed by atoms with Crippen LogP contribution in [-0.2, 0) is 4.74 Å². The lowest BCUT2D eigenvalue weighted by Gasteiger charge is -2.06. The van der Waals surface area contributed by atoms with Crippen molar-refractivity contribution in [3.63, 3.8) is 0 Å². The first-order valence-electron chi connectivity index (χ1n) is 5.68. The summed E-state index contributed by atoms with van der Waals surface area (Å²) in [6, 6.07) is 2.71. The van der Waals surface area contributed by atoms with Gasteiger partial charge in [0.2, 0.25) is 0 Å². The van der Waals surface area contributed by atoms with Crippen molar-refractivity contribution in [2.24, 2.45) is 0 Å². The molecule has 2 aromatic rings. The first-order chi connectivity index (χ1) is 9.04. The minimum absolute atomic E-state index is 0.0328. The minimum atomic E-state index is -0.594. The summed E-state index contributed by atoms with van der Waals surface area (Å²) in [6.07, 6.45) is 1.07. The summed E-state index contributed by atoms with van der Waals surface area (Å²) < 4.78 is 19.2. The predicted molar refractivity (Wildman–Crippen MR) is 66.4 cm³/mol. The molecule has 6 nitrogen and oxygen atoms in total. The standard InChI is InChI=1S/C12H13FN4O2/c1-3-19-12(18)10-11(14)17(7(2)16-10)9-5-4-8(13)6-15-9/h4-6H,3,14H2,1-2H3. The van der Waals surface area contributed by atoms with E-state index in [-0.39, 0.29) is 18.1 Å². The topological polar surface area (TPSA) is 83.0 Å². The van der Waals surface area contributed by atoms with Crippen LogP contribution in [0.3, 0.4) is 0 Å². The van der Waals surface area contributed by atoms with Gasteiger partial charge in [0.15, 0.2) is 5.69 Å². The third-order valence-electron chi connectivity index (χ3n) is 2.49. The Morgan fingerprint density at radius 1 is 1.53 bits per heavy atom. The average molecular weight is 264 g/mol. The number of ether oxygens (including phenoxy) is 1. The molecule has 2 aromatic heterocycles. The average Bonchev–Trinajstić information content (AvgIpc) is 2.67. The van der Waals surface area contributed by atoms with E-state index in [2.05, 4.69) is 9.97 Å². The van der Waals surface area contributed by atoms with Crippen LogP contribution in [0.2, 0.25) is 0 Å². The Hall–Kier alpha value is -2.44. The van der Waals surface area contributed by atoms with Gasteiger partial charge in [0.1, 0.15) is 23.3 Å². The number of imidazole rings is 1. The molecule has 19 heavy (non-hydrogen) atoms. The van der Waals surface area contributed by atoms with Crippen molar-refractivity contribution < 1.29 is 13.9 Å². The molecule has 0 unspecified atom stereocenters. The molecule has 0 atom stereocenters. The molecule has 0 radical (unpaired) electrons. The van der Waals surface area contributed by atoms with Gasteiger partial charge in [-0.2, -0.15) is 0 Å². The zero-order valence-corrected chi connectivity index (χ0v) is 10.6. The van der Waals surface area contributed by atoms with Crippen LogP contribution in [0.5, 0.6) is 0 Å². The van der Waals surface area contributed by atoms with E-state index in [0.717, 1.165) is 6.20 Å². The highest BCUT2D eigenvalue weighted by Gasteiger charge is 2.20. The number of esters is 1. The number of nitrogens with zero attached hydrogens (tertiary/aromatic N) is 3. The number of hydrogen-bond acceptors (Lipinski definition) is 5. The lowest BCUT2D eigenvalue weighted by atomic mass is 10.4. The Balaban J connectivity index is 2.47. The largest absolute Gasteiger partial charge is 0.461 e. The van der Waals surface area contributed by atoms with Gasteiger partial charge >= 0.3 is 5.97 Å².